The topological polar surface area (TPSA) is 3.24 Å². The molecule has 0 aromatic heterocycles. The van der Waals surface area contributed by atoms with Gasteiger partial charge >= 0.3 is 0 Å². The number of anilines is 3. The minimum absolute atomic E-state index is 0.0583. The summed E-state index contributed by atoms with van der Waals surface area (Å²) in [7, 11) is 0. The predicted molar refractivity (Wildman–Crippen MR) is 340 cm³/mol. The Morgan fingerprint density at radius 3 is 1.08 bits per heavy atom. The van der Waals surface area contributed by atoms with Gasteiger partial charge in [-0.25, -0.2) is 0 Å². The number of fused-ring (bicyclic) bond motifs is 1. The van der Waals surface area contributed by atoms with Gasteiger partial charge in [0.2, 0.25) is 0 Å². The van der Waals surface area contributed by atoms with Gasteiger partial charge in [-0.3, -0.25) is 0 Å². The van der Waals surface area contributed by atoms with Gasteiger partial charge in [-0.05, 0) is 200 Å². The highest BCUT2D eigenvalue weighted by Gasteiger charge is 2.54. The molecule has 1 unspecified atom stereocenters. The van der Waals surface area contributed by atoms with E-state index >= 15 is 0 Å². The molecule has 4 aliphatic rings. The molecule has 406 valence electrons. The Morgan fingerprint density at radius 1 is 0.342 bits per heavy atom. The third kappa shape index (κ3) is 8.11. The first kappa shape index (κ1) is 53.5. The molecular weight excluding hydrogens is 951 g/mol. The van der Waals surface area contributed by atoms with Crippen molar-refractivity contribution in [3.05, 3.63) is 217 Å². The molecule has 0 radical (unpaired) electrons. The summed E-state index contributed by atoms with van der Waals surface area (Å²) >= 11 is 0. The van der Waals surface area contributed by atoms with Gasteiger partial charge < -0.3 is 4.90 Å². The van der Waals surface area contributed by atoms with Crippen molar-refractivity contribution in [3.63, 3.8) is 0 Å². The molecule has 1 atom stereocenters. The second-order valence-electron chi connectivity index (χ2n) is 31.1. The quantitative estimate of drug-likeness (QED) is 0.139. The summed E-state index contributed by atoms with van der Waals surface area (Å²) in [6.45, 7) is 48.2. The van der Waals surface area contributed by atoms with Crippen molar-refractivity contribution in [2.75, 3.05) is 4.90 Å². The van der Waals surface area contributed by atoms with Crippen LogP contribution in [-0.2, 0) is 56.2 Å². The maximum absolute atomic E-state index is 2.68. The average molecular weight is 1040 g/mol. The minimum Gasteiger partial charge on any atom is -0.310 e. The average Bonchev–Trinajstić information content (AvgIpc) is 2.03. The first-order chi connectivity index (χ1) is 36.7. The molecule has 0 fully saturated rings. The lowest BCUT2D eigenvalue weighted by molar-refractivity contribution is 0.584. The second kappa shape index (κ2) is 17.2. The lowest BCUT2D eigenvalue weighted by Gasteiger charge is -2.41. The molecule has 0 saturated carbocycles. The van der Waals surface area contributed by atoms with Crippen molar-refractivity contribution in [1.29, 1.82) is 0 Å². The van der Waals surface area contributed by atoms with E-state index in [1.54, 1.807) is 11.1 Å². The largest absolute Gasteiger partial charge is 0.310 e. The van der Waals surface area contributed by atoms with Crippen molar-refractivity contribution >= 4 is 27.8 Å². The van der Waals surface area contributed by atoms with Crippen molar-refractivity contribution < 1.29 is 0 Å². The van der Waals surface area contributed by atoms with Gasteiger partial charge in [0, 0.05) is 38.7 Å². The Hall–Kier alpha value is -6.18. The van der Waals surface area contributed by atoms with Crippen LogP contribution in [0.3, 0.4) is 0 Å². The molecule has 1 heteroatoms. The van der Waals surface area contributed by atoms with Gasteiger partial charge in [0.25, 0.3) is 0 Å². The number of rotatable bonds is 9. The van der Waals surface area contributed by atoms with Crippen molar-refractivity contribution in [3.8, 4) is 22.3 Å². The fourth-order valence-electron chi connectivity index (χ4n) is 15.2. The Balaban J connectivity index is 1.01. The second-order valence-corrected chi connectivity index (χ2v) is 31.1. The van der Waals surface area contributed by atoms with Gasteiger partial charge in [-0.15, -0.1) is 0 Å². The monoisotopic (exact) mass is 1040 g/mol. The highest BCUT2D eigenvalue weighted by atomic mass is 15.1. The van der Waals surface area contributed by atoms with Gasteiger partial charge in [0.15, 0.2) is 0 Å². The van der Waals surface area contributed by atoms with Crippen LogP contribution in [0.25, 0.3) is 33.0 Å². The highest BCUT2D eigenvalue weighted by Crippen LogP contribution is 2.70. The normalized spacial score (nSPS) is 17.1. The zero-order valence-electron chi connectivity index (χ0n) is 51.8. The lowest BCUT2D eigenvalue weighted by atomic mass is 9.62. The first-order valence-electron chi connectivity index (χ1n) is 30.0. The number of hydrogen-bond donors (Lipinski definition) is 0. The van der Waals surface area contributed by atoms with E-state index in [0.29, 0.717) is 5.92 Å². The molecule has 0 spiro atoms. The molecule has 0 amide bonds. The zero-order valence-corrected chi connectivity index (χ0v) is 51.8. The van der Waals surface area contributed by atoms with E-state index < -0.39 is 0 Å². The van der Waals surface area contributed by atoms with Gasteiger partial charge in [0.05, 0.1) is 0 Å². The summed E-state index contributed by atoms with van der Waals surface area (Å²) in [4.78, 5) is 2.54. The maximum atomic E-state index is 2.68. The van der Waals surface area contributed by atoms with E-state index in [9.17, 15) is 0 Å². The maximum Gasteiger partial charge on any atom is 0.0468 e. The van der Waals surface area contributed by atoms with Crippen LogP contribution in [0.1, 0.15) is 234 Å². The van der Waals surface area contributed by atoms with E-state index in [0.717, 1.165) is 19.3 Å². The van der Waals surface area contributed by atoms with Crippen LogP contribution >= 0.6 is 0 Å². The molecule has 0 N–H and O–H groups in total. The highest BCUT2D eigenvalue weighted by molar-refractivity contribution is 6.19. The number of aryl methyl sites for hydroxylation is 1. The van der Waals surface area contributed by atoms with E-state index in [1.807, 2.05) is 0 Å². The molecule has 0 heterocycles. The fourth-order valence-corrected chi connectivity index (χ4v) is 15.2. The van der Waals surface area contributed by atoms with E-state index in [2.05, 4.69) is 277 Å². The molecule has 1 nitrogen and oxygen atoms in total. The van der Waals surface area contributed by atoms with Crippen LogP contribution in [0.4, 0.5) is 17.1 Å². The molecule has 4 aliphatic carbocycles. The van der Waals surface area contributed by atoms with Gasteiger partial charge in [0.1, 0.15) is 0 Å². The summed E-state index contributed by atoms with van der Waals surface area (Å²) in [5.74, 6) is 0.393. The van der Waals surface area contributed by atoms with Crippen LogP contribution in [0.15, 0.2) is 133 Å². The summed E-state index contributed by atoms with van der Waals surface area (Å²) in [5, 5.41) is 3.03. The summed E-state index contributed by atoms with van der Waals surface area (Å²) in [6.07, 6.45) is 3.14. The molecule has 8 aromatic rings. The van der Waals surface area contributed by atoms with E-state index in [-0.39, 0.29) is 43.3 Å². The molecule has 8 aromatic carbocycles. The summed E-state index contributed by atoms with van der Waals surface area (Å²) < 4.78 is 0. The third-order valence-electron chi connectivity index (χ3n) is 20.1. The molecule has 0 saturated heterocycles. The van der Waals surface area contributed by atoms with Crippen LogP contribution in [0, 0.1) is 0 Å². The number of benzene rings is 8. The number of hydrogen-bond acceptors (Lipinski definition) is 1. The van der Waals surface area contributed by atoms with Crippen LogP contribution in [0.2, 0.25) is 0 Å². The summed E-state index contributed by atoms with van der Waals surface area (Å²) in [6, 6.07) is 53.6. The molecule has 0 aliphatic heterocycles. The smallest absolute Gasteiger partial charge is 0.0468 e. The minimum atomic E-state index is -0.267. The lowest BCUT2D eigenvalue weighted by Crippen LogP contribution is -2.28. The zero-order chi connectivity index (χ0) is 56.7. The van der Waals surface area contributed by atoms with Gasteiger partial charge in [-0.2, -0.15) is 0 Å². The Bertz CT molecular complexity index is 3720. The van der Waals surface area contributed by atoms with Crippen molar-refractivity contribution in [2.45, 2.75) is 207 Å². The van der Waals surface area contributed by atoms with E-state index in [1.165, 1.54) is 122 Å². The van der Waals surface area contributed by atoms with Crippen molar-refractivity contribution in [1.82, 2.24) is 0 Å². The van der Waals surface area contributed by atoms with Crippen LogP contribution in [-0.4, -0.2) is 0 Å². The van der Waals surface area contributed by atoms with Crippen molar-refractivity contribution in [2.24, 2.45) is 0 Å². The molecule has 12 rings (SSSR count). The molecular formula is C78H89N. The van der Waals surface area contributed by atoms with Gasteiger partial charge in [-0.1, -0.05) is 236 Å². The molecule has 0 bridgehead atoms. The fraction of sp³-hybridized carbons (Fsp3) is 0.410. The first-order valence-corrected chi connectivity index (χ1v) is 30.0. The Kier molecular flexibility index (Phi) is 11.6. The Labute approximate surface area is 476 Å². The Morgan fingerprint density at radius 2 is 0.684 bits per heavy atom. The van der Waals surface area contributed by atoms with E-state index in [4.69, 9.17) is 0 Å². The van der Waals surface area contributed by atoms with Crippen LogP contribution in [0.5, 0.6) is 0 Å². The summed E-state index contributed by atoms with van der Waals surface area (Å²) in [5.41, 5.74) is 30.9. The number of nitrogens with zero attached hydrogens (tertiary/aromatic N) is 1. The van der Waals surface area contributed by atoms with Crippen LogP contribution < -0.4 is 4.90 Å². The predicted octanol–water partition coefficient (Wildman–Crippen LogP) is 21.3. The third-order valence-corrected chi connectivity index (χ3v) is 20.1. The molecule has 79 heavy (non-hydrogen) atoms. The standard InChI is InChI=1S/C78H89N/c1-71(2,3)50-27-22-46(23-28-50)41-49(48-25-29-51(30-26-48)72(4,5)6)24-21-47-42-59-63-60(43-47)77(17,18)69-67(63)65-57(75(59,13)14)39-40-58-66(65)68-64-61(76(58,15)16)44-56(45-62(64)78(19,20)70(68)69)79(54-35-31-52(32-36-54)73(7,8)9)55-37-33-53(34-38-55)74(10,11)12/h22-23,25-40,42-45,49H,21,24,41H2,1-20H3. The SMILES string of the molecule is CC(C)(C)c1ccc(CC(CCc2cc3c4c(c2)C(C)(C)c2ccc5c6c7c(c(c-4c26)C3(C)C)C(C)(C)c2cc(N(c3ccc(C(C)(C)C)cc3)c3ccc(C(C)(C)C)cc3)cc(c2-7)C5(C)C)c2ccc(C(C)(C)C)cc2)cc1.